The van der Waals surface area contributed by atoms with Gasteiger partial charge in [-0.3, -0.25) is 9.78 Å². The maximum Gasteiger partial charge on any atom is 0.228 e. The normalized spacial score (nSPS) is 11.1. The standard InChI is InChI=1S/C10H13N3O/c1-13(2)7-8(11)10(14)9-5-3-4-6-12-9/h3-7H,11H2,1-2H3/b8-7-. The summed E-state index contributed by atoms with van der Waals surface area (Å²) < 4.78 is 0. The number of ketones is 1. The highest BCUT2D eigenvalue weighted by molar-refractivity contribution is 6.06. The van der Waals surface area contributed by atoms with Crippen LogP contribution in [-0.4, -0.2) is 29.8 Å². The van der Waals surface area contributed by atoms with Crippen molar-refractivity contribution in [2.24, 2.45) is 5.73 Å². The van der Waals surface area contributed by atoms with Gasteiger partial charge in [-0.05, 0) is 12.1 Å². The van der Waals surface area contributed by atoms with Crippen molar-refractivity contribution in [3.8, 4) is 0 Å². The summed E-state index contributed by atoms with van der Waals surface area (Å²) in [7, 11) is 3.61. The minimum Gasteiger partial charge on any atom is -0.394 e. The summed E-state index contributed by atoms with van der Waals surface area (Å²) in [6.07, 6.45) is 3.13. The van der Waals surface area contributed by atoms with Crippen LogP contribution in [0.2, 0.25) is 0 Å². The second kappa shape index (κ2) is 4.41. The Hall–Kier alpha value is -1.84. The Labute approximate surface area is 83.0 Å². The van der Waals surface area contributed by atoms with E-state index < -0.39 is 0 Å². The van der Waals surface area contributed by atoms with Crippen molar-refractivity contribution in [3.05, 3.63) is 42.0 Å². The van der Waals surface area contributed by atoms with E-state index in [1.807, 2.05) is 0 Å². The van der Waals surface area contributed by atoms with Crippen LogP contribution in [0.4, 0.5) is 0 Å². The number of carbonyl (C=O) groups excluding carboxylic acids is 1. The van der Waals surface area contributed by atoms with E-state index in [0.717, 1.165) is 0 Å². The summed E-state index contributed by atoms with van der Waals surface area (Å²) in [5.74, 6) is -0.251. The molecule has 0 aliphatic rings. The number of hydrogen-bond donors (Lipinski definition) is 1. The summed E-state index contributed by atoms with van der Waals surface area (Å²) in [5, 5.41) is 0. The van der Waals surface area contributed by atoms with Gasteiger partial charge in [0, 0.05) is 26.5 Å². The van der Waals surface area contributed by atoms with Crippen molar-refractivity contribution in [2.75, 3.05) is 14.1 Å². The number of rotatable bonds is 3. The van der Waals surface area contributed by atoms with Crippen LogP contribution in [0.25, 0.3) is 0 Å². The molecule has 74 valence electrons. The Morgan fingerprint density at radius 1 is 1.50 bits per heavy atom. The third-order valence-electron chi connectivity index (χ3n) is 1.56. The zero-order valence-corrected chi connectivity index (χ0v) is 8.27. The van der Waals surface area contributed by atoms with Gasteiger partial charge >= 0.3 is 0 Å². The quantitative estimate of drug-likeness (QED) is 0.562. The lowest BCUT2D eigenvalue weighted by Crippen LogP contribution is -2.16. The molecule has 2 N–H and O–H groups in total. The number of hydrogen-bond acceptors (Lipinski definition) is 4. The molecule has 0 unspecified atom stereocenters. The van der Waals surface area contributed by atoms with Crippen molar-refractivity contribution in [1.82, 2.24) is 9.88 Å². The van der Waals surface area contributed by atoms with Gasteiger partial charge < -0.3 is 10.6 Å². The number of nitrogens with two attached hydrogens (primary N) is 1. The Bertz CT molecular complexity index is 344. The van der Waals surface area contributed by atoms with Gasteiger partial charge in [-0.25, -0.2) is 0 Å². The predicted molar refractivity (Wildman–Crippen MR) is 54.5 cm³/mol. The van der Waals surface area contributed by atoms with E-state index in [-0.39, 0.29) is 11.5 Å². The van der Waals surface area contributed by atoms with Crippen LogP contribution < -0.4 is 5.73 Å². The van der Waals surface area contributed by atoms with Gasteiger partial charge in [-0.15, -0.1) is 0 Å². The number of pyridine rings is 1. The Morgan fingerprint density at radius 3 is 2.71 bits per heavy atom. The molecule has 1 rings (SSSR count). The maximum absolute atomic E-state index is 11.6. The van der Waals surface area contributed by atoms with Gasteiger partial charge in [0.05, 0.1) is 5.70 Å². The molecule has 0 saturated carbocycles. The molecular formula is C10H13N3O. The highest BCUT2D eigenvalue weighted by Gasteiger charge is 2.09. The van der Waals surface area contributed by atoms with E-state index in [1.54, 1.807) is 49.6 Å². The number of Topliss-reactive ketones (excluding diaryl/α,β-unsaturated/α-hetero) is 1. The van der Waals surface area contributed by atoms with Crippen LogP contribution in [0.15, 0.2) is 36.3 Å². The van der Waals surface area contributed by atoms with E-state index in [4.69, 9.17) is 5.73 Å². The first-order valence-electron chi connectivity index (χ1n) is 4.20. The van der Waals surface area contributed by atoms with Crippen LogP contribution in [0.5, 0.6) is 0 Å². The summed E-state index contributed by atoms with van der Waals surface area (Å²) >= 11 is 0. The van der Waals surface area contributed by atoms with Gasteiger partial charge in [0.1, 0.15) is 5.69 Å². The maximum atomic E-state index is 11.6. The molecule has 0 aromatic carbocycles. The summed E-state index contributed by atoms with van der Waals surface area (Å²) in [6.45, 7) is 0. The number of carbonyl (C=O) groups is 1. The third-order valence-corrected chi connectivity index (χ3v) is 1.56. The van der Waals surface area contributed by atoms with Crippen molar-refractivity contribution >= 4 is 5.78 Å². The molecule has 0 fully saturated rings. The molecule has 0 atom stereocenters. The number of nitrogens with zero attached hydrogens (tertiary/aromatic N) is 2. The number of allylic oxidation sites excluding steroid dienone is 1. The lowest BCUT2D eigenvalue weighted by molar-refractivity contribution is 0.102. The van der Waals surface area contributed by atoms with E-state index in [1.165, 1.54) is 0 Å². The van der Waals surface area contributed by atoms with E-state index >= 15 is 0 Å². The van der Waals surface area contributed by atoms with Crippen LogP contribution in [0.1, 0.15) is 10.5 Å². The first kappa shape index (κ1) is 10.2. The summed E-state index contributed by atoms with van der Waals surface area (Å²) in [4.78, 5) is 17.2. The molecule has 0 spiro atoms. The van der Waals surface area contributed by atoms with Crippen molar-refractivity contribution in [2.45, 2.75) is 0 Å². The molecule has 1 aromatic rings. The topological polar surface area (TPSA) is 59.2 Å². The van der Waals surface area contributed by atoms with Crippen LogP contribution in [0.3, 0.4) is 0 Å². The van der Waals surface area contributed by atoms with Gasteiger partial charge in [-0.2, -0.15) is 0 Å². The zero-order chi connectivity index (χ0) is 10.6. The summed E-state index contributed by atoms with van der Waals surface area (Å²) in [5.41, 5.74) is 6.13. The first-order valence-corrected chi connectivity index (χ1v) is 4.20. The summed E-state index contributed by atoms with van der Waals surface area (Å²) in [6, 6.07) is 5.14. The smallest absolute Gasteiger partial charge is 0.228 e. The van der Waals surface area contributed by atoms with E-state index in [2.05, 4.69) is 4.98 Å². The molecule has 0 aliphatic heterocycles. The Morgan fingerprint density at radius 2 is 2.21 bits per heavy atom. The molecule has 0 amide bonds. The fraction of sp³-hybridized carbons (Fsp3) is 0.200. The van der Waals surface area contributed by atoms with Gasteiger partial charge in [0.15, 0.2) is 0 Å². The molecule has 1 aromatic heterocycles. The van der Waals surface area contributed by atoms with E-state index in [0.29, 0.717) is 5.69 Å². The average molecular weight is 191 g/mol. The molecule has 1 heterocycles. The molecule has 0 bridgehead atoms. The van der Waals surface area contributed by atoms with Crippen molar-refractivity contribution in [1.29, 1.82) is 0 Å². The monoisotopic (exact) mass is 191 g/mol. The molecule has 0 aliphatic carbocycles. The highest BCUT2D eigenvalue weighted by atomic mass is 16.1. The Balaban J connectivity index is 2.87. The largest absolute Gasteiger partial charge is 0.394 e. The van der Waals surface area contributed by atoms with Gasteiger partial charge in [0.2, 0.25) is 5.78 Å². The van der Waals surface area contributed by atoms with Crippen molar-refractivity contribution in [3.63, 3.8) is 0 Å². The van der Waals surface area contributed by atoms with Crippen LogP contribution >= 0.6 is 0 Å². The molecule has 14 heavy (non-hydrogen) atoms. The third kappa shape index (κ3) is 2.58. The lowest BCUT2D eigenvalue weighted by atomic mass is 10.2. The van der Waals surface area contributed by atoms with E-state index in [9.17, 15) is 4.79 Å². The first-order chi connectivity index (χ1) is 6.61. The van der Waals surface area contributed by atoms with Crippen LogP contribution in [0, 0.1) is 0 Å². The highest BCUT2D eigenvalue weighted by Crippen LogP contribution is 2.00. The predicted octanol–water partition coefficient (Wildman–Crippen LogP) is 0.626. The molecular weight excluding hydrogens is 178 g/mol. The second-order valence-electron chi connectivity index (χ2n) is 3.09. The van der Waals surface area contributed by atoms with Crippen LogP contribution in [-0.2, 0) is 0 Å². The minimum absolute atomic E-state index is 0.189. The van der Waals surface area contributed by atoms with Gasteiger partial charge in [-0.1, -0.05) is 6.07 Å². The average Bonchev–Trinajstić information content (AvgIpc) is 2.17. The molecule has 4 nitrogen and oxygen atoms in total. The van der Waals surface area contributed by atoms with Gasteiger partial charge in [0.25, 0.3) is 0 Å². The second-order valence-corrected chi connectivity index (χ2v) is 3.09. The zero-order valence-electron chi connectivity index (χ0n) is 8.27. The SMILES string of the molecule is CN(C)/C=C(\N)C(=O)c1ccccn1. The fourth-order valence-electron chi connectivity index (χ4n) is 0.982. The van der Waals surface area contributed by atoms with Crippen molar-refractivity contribution < 1.29 is 4.79 Å². The molecule has 0 radical (unpaired) electrons. The lowest BCUT2D eigenvalue weighted by Gasteiger charge is -2.06. The Kier molecular flexibility index (Phi) is 3.23. The number of aromatic nitrogens is 1. The molecule has 0 saturated heterocycles. The molecule has 4 heteroatoms. The fourth-order valence-corrected chi connectivity index (χ4v) is 0.982. The minimum atomic E-state index is -0.251.